The van der Waals surface area contributed by atoms with Gasteiger partial charge in [0.15, 0.2) is 0 Å². The Balaban J connectivity index is 1.65. The summed E-state index contributed by atoms with van der Waals surface area (Å²) in [6, 6.07) is 10.4. The van der Waals surface area contributed by atoms with E-state index in [0.29, 0.717) is 27.9 Å². The van der Waals surface area contributed by atoms with E-state index in [1.54, 1.807) is 18.2 Å². The standard InChI is InChI=1S/C18H18Cl2N2O4S/c19-13-8-14(20)10-15(9-13)22-18(23)12-3-5-17(6-4-12)27(24,25)21-11-16-2-1-7-26-16/h3-6,8-10,16,21H,1-2,7,11H2,(H,22,23). The van der Waals surface area contributed by atoms with Crippen LogP contribution in [0.15, 0.2) is 47.4 Å². The second-order valence-electron chi connectivity index (χ2n) is 6.12. The third-order valence-corrected chi connectivity index (χ3v) is 5.95. The fourth-order valence-corrected chi connectivity index (χ4v) is 4.30. The van der Waals surface area contributed by atoms with Crippen molar-refractivity contribution in [1.82, 2.24) is 4.72 Å². The van der Waals surface area contributed by atoms with E-state index >= 15 is 0 Å². The number of benzene rings is 2. The molecule has 9 heteroatoms. The number of carbonyl (C=O) groups excluding carboxylic acids is 1. The number of carbonyl (C=O) groups is 1. The highest BCUT2D eigenvalue weighted by Gasteiger charge is 2.20. The molecule has 2 aromatic carbocycles. The van der Waals surface area contributed by atoms with E-state index in [-0.39, 0.29) is 17.5 Å². The van der Waals surface area contributed by atoms with E-state index in [1.807, 2.05) is 0 Å². The molecule has 1 aliphatic heterocycles. The maximum absolute atomic E-state index is 12.3. The number of hydrogen-bond donors (Lipinski definition) is 2. The van der Waals surface area contributed by atoms with Crippen molar-refractivity contribution in [1.29, 1.82) is 0 Å². The number of sulfonamides is 1. The van der Waals surface area contributed by atoms with Crippen molar-refractivity contribution in [3.8, 4) is 0 Å². The summed E-state index contributed by atoms with van der Waals surface area (Å²) in [6.07, 6.45) is 1.69. The van der Waals surface area contributed by atoms with Crippen molar-refractivity contribution in [2.75, 3.05) is 18.5 Å². The molecule has 144 valence electrons. The van der Waals surface area contributed by atoms with Gasteiger partial charge in [0.1, 0.15) is 0 Å². The summed E-state index contributed by atoms with van der Waals surface area (Å²) in [5.41, 5.74) is 0.761. The van der Waals surface area contributed by atoms with Crippen molar-refractivity contribution >= 4 is 44.8 Å². The summed E-state index contributed by atoms with van der Waals surface area (Å²) in [5, 5.41) is 3.47. The summed E-state index contributed by atoms with van der Waals surface area (Å²) in [6.45, 7) is 0.897. The van der Waals surface area contributed by atoms with Crippen LogP contribution in [0.25, 0.3) is 0 Å². The molecule has 1 fully saturated rings. The van der Waals surface area contributed by atoms with E-state index < -0.39 is 15.9 Å². The number of amides is 1. The van der Waals surface area contributed by atoms with Crippen LogP contribution in [0.1, 0.15) is 23.2 Å². The molecule has 1 saturated heterocycles. The summed E-state index contributed by atoms with van der Waals surface area (Å²) in [5.74, 6) is -0.399. The van der Waals surface area contributed by atoms with Crippen LogP contribution >= 0.6 is 23.2 Å². The molecule has 0 radical (unpaired) electrons. The Morgan fingerprint density at radius 1 is 1.11 bits per heavy atom. The van der Waals surface area contributed by atoms with E-state index in [4.69, 9.17) is 27.9 Å². The van der Waals surface area contributed by atoms with Gasteiger partial charge in [-0.3, -0.25) is 4.79 Å². The first kappa shape index (κ1) is 20.1. The number of ether oxygens (including phenoxy) is 1. The lowest BCUT2D eigenvalue weighted by atomic mass is 10.2. The topological polar surface area (TPSA) is 84.5 Å². The molecule has 1 amide bonds. The number of rotatable bonds is 6. The second kappa shape index (κ2) is 8.58. The Hall–Kier alpha value is -1.64. The van der Waals surface area contributed by atoms with Crippen molar-refractivity contribution in [2.24, 2.45) is 0 Å². The quantitative estimate of drug-likeness (QED) is 0.734. The molecule has 0 aromatic heterocycles. The predicted octanol–water partition coefficient (Wildman–Crippen LogP) is 3.70. The minimum atomic E-state index is -3.66. The smallest absolute Gasteiger partial charge is 0.255 e. The van der Waals surface area contributed by atoms with Crippen molar-refractivity contribution in [3.63, 3.8) is 0 Å². The van der Waals surface area contributed by atoms with E-state index in [1.165, 1.54) is 24.3 Å². The molecule has 3 rings (SSSR count). The lowest BCUT2D eigenvalue weighted by molar-refractivity contribution is 0.102. The summed E-state index contributed by atoms with van der Waals surface area (Å²) < 4.78 is 32.6. The Bertz CT molecular complexity index is 907. The monoisotopic (exact) mass is 428 g/mol. The Labute approximate surface area is 167 Å². The summed E-state index contributed by atoms with van der Waals surface area (Å²) in [7, 11) is -3.66. The van der Waals surface area contributed by atoms with Gasteiger partial charge in [0.05, 0.1) is 11.0 Å². The first-order valence-electron chi connectivity index (χ1n) is 8.32. The summed E-state index contributed by atoms with van der Waals surface area (Å²) >= 11 is 11.8. The average molecular weight is 429 g/mol. The maximum Gasteiger partial charge on any atom is 0.255 e. The van der Waals surface area contributed by atoms with Gasteiger partial charge in [-0.2, -0.15) is 0 Å². The SMILES string of the molecule is O=C(Nc1cc(Cl)cc(Cl)c1)c1ccc(S(=O)(=O)NCC2CCCO2)cc1. The van der Waals surface area contributed by atoms with Gasteiger partial charge < -0.3 is 10.1 Å². The highest BCUT2D eigenvalue weighted by molar-refractivity contribution is 7.89. The minimum Gasteiger partial charge on any atom is -0.377 e. The second-order valence-corrected chi connectivity index (χ2v) is 8.76. The number of nitrogens with one attached hydrogen (secondary N) is 2. The van der Waals surface area contributed by atoms with Gasteiger partial charge in [0, 0.05) is 34.4 Å². The predicted molar refractivity (Wildman–Crippen MR) is 105 cm³/mol. The Morgan fingerprint density at radius 3 is 2.37 bits per heavy atom. The third-order valence-electron chi connectivity index (χ3n) is 4.07. The number of hydrogen-bond acceptors (Lipinski definition) is 4. The minimum absolute atomic E-state index is 0.0860. The van der Waals surface area contributed by atoms with Gasteiger partial charge in [-0.15, -0.1) is 0 Å². The van der Waals surface area contributed by atoms with Crippen molar-refractivity contribution in [3.05, 3.63) is 58.1 Å². The summed E-state index contributed by atoms with van der Waals surface area (Å²) in [4.78, 5) is 12.4. The van der Waals surface area contributed by atoms with Crippen LogP contribution in [0.5, 0.6) is 0 Å². The first-order chi connectivity index (χ1) is 12.8. The zero-order valence-corrected chi connectivity index (χ0v) is 16.6. The molecule has 2 N–H and O–H groups in total. The van der Waals surface area contributed by atoms with Crippen LogP contribution in [-0.4, -0.2) is 33.6 Å². The number of halogens is 2. The van der Waals surface area contributed by atoms with Crippen LogP contribution in [0.3, 0.4) is 0 Å². The Morgan fingerprint density at radius 2 is 1.78 bits per heavy atom. The molecule has 2 aromatic rings. The Kier molecular flexibility index (Phi) is 6.39. The zero-order chi connectivity index (χ0) is 19.4. The molecule has 1 unspecified atom stereocenters. The molecular weight excluding hydrogens is 411 g/mol. The van der Waals surface area contributed by atoms with Gasteiger partial charge in [0.25, 0.3) is 5.91 Å². The van der Waals surface area contributed by atoms with Gasteiger partial charge in [0.2, 0.25) is 10.0 Å². The zero-order valence-electron chi connectivity index (χ0n) is 14.2. The lowest BCUT2D eigenvalue weighted by Crippen LogP contribution is -2.31. The van der Waals surface area contributed by atoms with Crippen LogP contribution in [0.4, 0.5) is 5.69 Å². The van der Waals surface area contributed by atoms with Crippen molar-refractivity contribution in [2.45, 2.75) is 23.8 Å². The van der Waals surface area contributed by atoms with Crippen LogP contribution in [-0.2, 0) is 14.8 Å². The maximum atomic E-state index is 12.3. The van der Waals surface area contributed by atoms with Crippen molar-refractivity contribution < 1.29 is 17.9 Å². The van der Waals surface area contributed by atoms with Gasteiger partial charge in [-0.25, -0.2) is 13.1 Å². The van der Waals surface area contributed by atoms with Crippen LogP contribution in [0, 0.1) is 0 Å². The largest absolute Gasteiger partial charge is 0.377 e. The molecular formula is C18H18Cl2N2O4S. The number of anilines is 1. The molecule has 6 nitrogen and oxygen atoms in total. The molecule has 0 saturated carbocycles. The normalized spacial score (nSPS) is 17.0. The molecule has 27 heavy (non-hydrogen) atoms. The van der Waals surface area contributed by atoms with Crippen LogP contribution < -0.4 is 10.0 Å². The van der Waals surface area contributed by atoms with Gasteiger partial charge >= 0.3 is 0 Å². The lowest BCUT2D eigenvalue weighted by Gasteiger charge is -2.12. The van der Waals surface area contributed by atoms with E-state index in [0.717, 1.165) is 12.8 Å². The molecule has 0 aliphatic carbocycles. The fraction of sp³-hybridized carbons (Fsp3) is 0.278. The molecule has 1 aliphatic rings. The fourth-order valence-electron chi connectivity index (χ4n) is 2.71. The molecule has 1 heterocycles. The average Bonchev–Trinajstić information content (AvgIpc) is 3.13. The van der Waals surface area contributed by atoms with E-state index in [2.05, 4.69) is 10.0 Å². The third kappa shape index (κ3) is 5.43. The first-order valence-corrected chi connectivity index (χ1v) is 10.6. The van der Waals surface area contributed by atoms with E-state index in [9.17, 15) is 13.2 Å². The van der Waals surface area contributed by atoms with Gasteiger partial charge in [-0.1, -0.05) is 23.2 Å². The highest BCUT2D eigenvalue weighted by atomic mass is 35.5. The molecule has 0 bridgehead atoms. The van der Waals surface area contributed by atoms with Crippen LogP contribution in [0.2, 0.25) is 10.0 Å². The molecule has 1 atom stereocenters. The molecule has 0 spiro atoms. The highest BCUT2D eigenvalue weighted by Crippen LogP contribution is 2.23. The van der Waals surface area contributed by atoms with Gasteiger partial charge in [-0.05, 0) is 55.3 Å².